The van der Waals surface area contributed by atoms with Crippen molar-refractivity contribution >= 4 is 0 Å². The van der Waals surface area contributed by atoms with E-state index < -0.39 is 74.6 Å². The molecule has 25 heavy (non-hydrogen) atoms. The normalized spacial score (nSPS) is 47.8. The smallest absolute Gasteiger partial charge is 0.187 e. The molecule has 0 saturated carbocycles. The van der Waals surface area contributed by atoms with E-state index in [1.165, 1.54) is 0 Å². The second-order valence-electron chi connectivity index (χ2n) is 5.53. The molecule has 2 aliphatic rings. The number of rotatable bonds is 4. The van der Waals surface area contributed by atoms with Crippen LogP contribution >= 0.6 is 0 Å². The van der Waals surface area contributed by atoms with E-state index in [1.807, 2.05) is 0 Å². The van der Waals surface area contributed by atoms with Crippen LogP contribution in [0.2, 0.25) is 0 Å². The molecule has 0 aromatic rings. The molecular weight excluding hydrogens is 348 g/mol. The van der Waals surface area contributed by atoms with Gasteiger partial charge < -0.3 is 55.1 Å². The molecule has 0 spiro atoms. The molecule has 2 aliphatic heterocycles. The minimum absolute atomic E-state index is 0.667. The predicted molar refractivity (Wildman–Crippen MR) is 77.0 cm³/mol. The Morgan fingerprint density at radius 2 is 1.24 bits per heavy atom. The first-order chi connectivity index (χ1) is 11.8. The number of aliphatic hydroxyl groups is 8. The van der Waals surface area contributed by atoms with E-state index in [0.29, 0.717) is 0 Å². The molecule has 0 aromatic carbocycles. The summed E-state index contributed by atoms with van der Waals surface area (Å²) < 4.78 is 15.3. The Labute approximate surface area is 142 Å². The fourth-order valence-corrected chi connectivity index (χ4v) is 2.57. The standard InChI is InChI=1S/C12H22O11.H4N2/c13-1-3-5(15)6(16)9(19)12(22-3)23-10-4(2-14)21-11(20)8(18)7(10)17;1-2/h3-20H,1-2H2;1-2H2/t3-,4-,5+,6+,7-,8-,9-,10-,11?,12+;/m1./s1. The van der Waals surface area contributed by atoms with Crippen LogP contribution < -0.4 is 11.7 Å². The minimum Gasteiger partial charge on any atom is -0.394 e. The average molecular weight is 374 g/mol. The van der Waals surface area contributed by atoms with Gasteiger partial charge in [-0.25, -0.2) is 0 Å². The zero-order chi connectivity index (χ0) is 19.3. The number of ether oxygens (including phenoxy) is 3. The lowest BCUT2D eigenvalue weighted by molar-refractivity contribution is -0.355. The Balaban J connectivity index is 0.00000151. The van der Waals surface area contributed by atoms with Gasteiger partial charge in [-0.1, -0.05) is 0 Å². The van der Waals surface area contributed by atoms with E-state index >= 15 is 0 Å². The second kappa shape index (κ2) is 9.98. The van der Waals surface area contributed by atoms with Crippen LogP contribution in [0.1, 0.15) is 0 Å². The zero-order valence-electron chi connectivity index (χ0n) is 13.1. The van der Waals surface area contributed by atoms with Crippen LogP contribution in [-0.4, -0.2) is 115 Å². The van der Waals surface area contributed by atoms with Crippen LogP contribution in [0.15, 0.2) is 0 Å². The maximum atomic E-state index is 9.94. The van der Waals surface area contributed by atoms with Gasteiger partial charge in [-0.2, -0.15) is 0 Å². The highest BCUT2D eigenvalue weighted by Crippen LogP contribution is 2.28. The molecule has 2 rings (SSSR count). The summed E-state index contributed by atoms with van der Waals surface area (Å²) >= 11 is 0. The summed E-state index contributed by atoms with van der Waals surface area (Å²) in [5, 5.41) is 76.5. The van der Waals surface area contributed by atoms with E-state index in [9.17, 15) is 35.7 Å². The highest BCUT2D eigenvalue weighted by atomic mass is 16.7. The Bertz CT molecular complexity index is 388. The molecule has 0 amide bonds. The van der Waals surface area contributed by atoms with Crippen molar-refractivity contribution in [3.63, 3.8) is 0 Å². The number of nitrogens with two attached hydrogens (primary N) is 2. The van der Waals surface area contributed by atoms with Crippen molar-refractivity contribution in [1.82, 2.24) is 0 Å². The zero-order valence-corrected chi connectivity index (χ0v) is 13.1. The summed E-state index contributed by atoms with van der Waals surface area (Å²) in [5.74, 6) is 8.00. The molecule has 150 valence electrons. The number of hydrogen-bond donors (Lipinski definition) is 10. The summed E-state index contributed by atoms with van der Waals surface area (Å²) in [5.41, 5.74) is 0. The molecule has 2 saturated heterocycles. The Morgan fingerprint density at radius 3 is 1.76 bits per heavy atom. The summed E-state index contributed by atoms with van der Waals surface area (Å²) in [6.45, 7) is -1.35. The van der Waals surface area contributed by atoms with Crippen molar-refractivity contribution in [3.05, 3.63) is 0 Å². The molecule has 2 heterocycles. The Hall–Kier alpha value is -0.520. The largest absolute Gasteiger partial charge is 0.394 e. The predicted octanol–water partition coefficient (Wildman–Crippen LogP) is -6.58. The fraction of sp³-hybridized carbons (Fsp3) is 1.00. The summed E-state index contributed by atoms with van der Waals surface area (Å²) in [6, 6.07) is 0. The van der Waals surface area contributed by atoms with Gasteiger partial charge in [0.25, 0.3) is 0 Å². The van der Waals surface area contributed by atoms with Gasteiger partial charge in [-0.3, -0.25) is 11.7 Å². The van der Waals surface area contributed by atoms with Crippen LogP contribution in [0.3, 0.4) is 0 Å². The molecule has 13 heteroatoms. The van der Waals surface area contributed by atoms with E-state index in [2.05, 4.69) is 11.7 Å². The average Bonchev–Trinajstić information content (AvgIpc) is 2.63. The highest BCUT2D eigenvalue weighted by molar-refractivity contribution is 4.93. The third-order valence-corrected chi connectivity index (χ3v) is 3.98. The van der Waals surface area contributed by atoms with Crippen LogP contribution in [0.4, 0.5) is 0 Å². The molecule has 12 N–H and O–H groups in total. The van der Waals surface area contributed by atoms with Gasteiger partial charge in [0.15, 0.2) is 12.6 Å². The maximum Gasteiger partial charge on any atom is 0.187 e. The van der Waals surface area contributed by atoms with Gasteiger partial charge >= 0.3 is 0 Å². The van der Waals surface area contributed by atoms with Crippen LogP contribution in [-0.2, 0) is 14.2 Å². The van der Waals surface area contributed by atoms with Crippen molar-refractivity contribution in [1.29, 1.82) is 0 Å². The quantitative estimate of drug-likeness (QED) is 0.163. The van der Waals surface area contributed by atoms with Gasteiger partial charge in [0.05, 0.1) is 13.2 Å². The fourth-order valence-electron chi connectivity index (χ4n) is 2.57. The van der Waals surface area contributed by atoms with Crippen LogP contribution in [0, 0.1) is 0 Å². The molecule has 0 aliphatic carbocycles. The lowest BCUT2D eigenvalue weighted by atomic mass is 9.97. The van der Waals surface area contributed by atoms with E-state index in [-0.39, 0.29) is 0 Å². The SMILES string of the molecule is NN.OC[C@H]1O[C@@H](O[C@H]2[C@H](O)[C@@H](O)C(O)O[C@@H]2CO)[C@H](O)[C@@H](O)[C@H]1O. The summed E-state index contributed by atoms with van der Waals surface area (Å²) in [6.07, 6.45) is -15.6. The van der Waals surface area contributed by atoms with E-state index in [0.717, 1.165) is 0 Å². The molecule has 13 nitrogen and oxygen atoms in total. The first kappa shape index (κ1) is 22.5. The van der Waals surface area contributed by atoms with Gasteiger partial charge in [0, 0.05) is 0 Å². The topological polar surface area (TPSA) is 242 Å². The van der Waals surface area contributed by atoms with E-state index in [4.69, 9.17) is 19.3 Å². The third kappa shape index (κ3) is 4.81. The van der Waals surface area contributed by atoms with Crippen molar-refractivity contribution in [2.75, 3.05) is 13.2 Å². The highest BCUT2D eigenvalue weighted by Gasteiger charge is 2.50. The molecule has 0 aromatic heterocycles. The van der Waals surface area contributed by atoms with Crippen molar-refractivity contribution < 1.29 is 55.1 Å². The molecule has 10 atom stereocenters. The molecule has 2 fully saturated rings. The summed E-state index contributed by atoms with van der Waals surface area (Å²) in [4.78, 5) is 0. The third-order valence-electron chi connectivity index (χ3n) is 3.98. The first-order valence-electron chi connectivity index (χ1n) is 7.41. The monoisotopic (exact) mass is 374 g/mol. The van der Waals surface area contributed by atoms with Crippen LogP contribution in [0.5, 0.6) is 0 Å². The lowest BCUT2D eigenvalue weighted by Crippen LogP contribution is -2.64. The van der Waals surface area contributed by atoms with Crippen LogP contribution in [0.25, 0.3) is 0 Å². The number of hydrazine groups is 1. The summed E-state index contributed by atoms with van der Waals surface area (Å²) in [7, 11) is 0. The Morgan fingerprint density at radius 1 is 0.680 bits per heavy atom. The minimum atomic E-state index is -1.74. The molecular formula is C12H26N2O11. The molecule has 0 radical (unpaired) electrons. The molecule has 1 unspecified atom stereocenters. The van der Waals surface area contributed by atoms with Crippen molar-refractivity contribution in [3.8, 4) is 0 Å². The van der Waals surface area contributed by atoms with Crippen molar-refractivity contribution in [2.24, 2.45) is 11.7 Å². The second-order valence-corrected chi connectivity index (χ2v) is 5.53. The van der Waals surface area contributed by atoms with Gasteiger partial charge in [-0.15, -0.1) is 0 Å². The van der Waals surface area contributed by atoms with Crippen molar-refractivity contribution in [2.45, 2.75) is 61.4 Å². The van der Waals surface area contributed by atoms with E-state index in [1.54, 1.807) is 0 Å². The molecule has 0 bridgehead atoms. The lowest BCUT2D eigenvalue weighted by Gasteiger charge is -2.45. The van der Waals surface area contributed by atoms with Gasteiger partial charge in [0.1, 0.15) is 48.8 Å². The number of hydrogen-bond acceptors (Lipinski definition) is 13. The van der Waals surface area contributed by atoms with Gasteiger partial charge in [-0.05, 0) is 0 Å². The first-order valence-corrected chi connectivity index (χ1v) is 7.41. The number of aliphatic hydroxyl groups excluding tert-OH is 8. The maximum absolute atomic E-state index is 9.94. The van der Waals surface area contributed by atoms with Gasteiger partial charge in [0.2, 0.25) is 0 Å². The Kier molecular flexibility index (Phi) is 8.99.